The van der Waals surface area contributed by atoms with Crippen LogP contribution in [0.2, 0.25) is 0 Å². The van der Waals surface area contributed by atoms with E-state index in [1.54, 1.807) is 11.8 Å². The highest BCUT2D eigenvalue weighted by atomic mass is 32.2. The van der Waals surface area contributed by atoms with Crippen LogP contribution in [0.15, 0.2) is 29.2 Å². The topological polar surface area (TPSA) is 116 Å². The molecule has 2 aliphatic heterocycles. The number of hydrogen-bond donors (Lipinski definition) is 1. The van der Waals surface area contributed by atoms with Gasteiger partial charge >= 0.3 is 6.09 Å². The van der Waals surface area contributed by atoms with Crippen molar-refractivity contribution in [3.63, 3.8) is 0 Å². The van der Waals surface area contributed by atoms with E-state index in [-0.39, 0.29) is 23.0 Å². The Kier molecular flexibility index (Phi) is 10.4. The summed E-state index contributed by atoms with van der Waals surface area (Å²) in [6, 6.07) is 5.90. The summed E-state index contributed by atoms with van der Waals surface area (Å²) in [5.41, 5.74) is 1.66. The fourth-order valence-corrected chi connectivity index (χ4v) is 7.97. The number of ether oxygens (including phenoxy) is 1. The Morgan fingerprint density at radius 1 is 1.00 bits per heavy atom. The molecule has 0 bridgehead atoms. The van der Waals surface area contributed by atoms with Crippen molar-refractivity contribution in [2.45, 2.75) is 70.7 Å². The summed E-state index contributed by atoms with van der Waals surface area (Å²) in [5.74, 6) is -0.531. The van der Waals surface area contributed by atoms with Crippen molar-refractivity contribution in [1.29, 1.82) is 0 Å². The number of nitrogens with one attached hydrogen (secondary N) is 1. The van der Waals surface area contributed by atoms with Crippen molar-refractivity contribution in [3.8, 4) is 0 Å². The number of carbonyl (C=O) groups excluding carboxylic acids is 3. The highest BCUT2D eigenvalue weighted by molar-refractivity contribution is 7.89. The Balaban J connectivity index is 1.59. The zero-order chi connectivity index (χ0) is 29.6. The lowest BCUT2D eigenvalue weighted by Crippen LogP contribution is -2.38. The van der Waals surface area contributed by atoms with E-state index in [4.69, 9.17) is 4.74 Å². The van der Waals surface area contributed by atoms with Crippen molar-refractivity contribution in [2.75, 3.05) is 44.6 Å². The van der Waals surface area contributed by atoms with Crippen LogP contribution < -0.4 is 5.32 Å². The lowest BCUT2D eigenvalue weighted by molar-refractivity contribution is 0.0724. The fraction of sp³-hybridized carbons (Fsp3) is 0.552. The molecule has 1 fully saturated rings. The Hall–Kier alpha value is -2.96. The van der Waals surface area contributed by atoms with Gasteiger partial charge in [0.1, 0.15) is 5.00 Å². The second kappa shape index (κ2) is 13.8. The minimum atomic E-state index is -3.66. The molecule has 0 saturated carbocycles. The SMILES string of the molecule is CCCCN(CC)S(=O)(=O)c1ccc(C(=O)Nc2sc3c(c2C(=O)N2CCCCC2)CCN(C(=O)OCC)C3)cc1. The van der Waals surface area contributed by atoms with Crippen LogP contribution in [0.3, 0.4) is 0 Å². The molecule has 41 heavy (non-hydrogen) atoms. The number of fused-ring (bicyclic) bond motifs is 1. The molecule has 0 atom stereocenters. The first-order chi connectivity index (χ1) is 19.7. The van der Waals surface area contributed by atoms with Gasteiger partial charge in [0.15, 0.2) is 0 Å². The third kappa shape index (κ3) is 6.92. The summed E-state index contributed by atoms with van der Waals surface area (Å²) in [6.07, 6.45) is 4.73. The summed E-state index contributed by atoms with van der Waals surface area (Å²) in [4.78, 5) is 43.9. The van der Waals surface area contributed by atoms with Crippen LogP contribution in [-0.4, -0.2) is 79.8 Å². The number of likely N-dealkylation sites (tertiary alicyclic amines) is 1. The number of amides is 3. The van der Waals surface area contributed by atoms with Gasteiger partial charge in [0, 0.05) is 43.2 Å². The molecular formula is C29H40N4O6S2. The van der Waals surface area contributed by atoms with Crippen molar-refractivity contribution in [1.82, 2.24) is 14.1 Å². The smallest absolute Gasteiger partial charge is 0.410 e. The molecule has 0 radical (unpaired) electrons. The molecule has 10 nitrogen and oxygen atoms in total. The first kappa shape index (κ1) is 31.0. The Morgan fingerprint density at radius 2 is 1.71 bits per heavy atom. The maximum atomic E-state index is 13.7. The molecule has 3 heterocycles. The molecule has 2 aromatic rings. The highest BCUT2D eigenvalue weighted by Crippen LogP contribution is 2.39. The molecule has 0 spiro atoms. The maximum Gasteiger partial charge on any atom is 0.410 e. The van der Waals surface area contributed by atoms with Gasteiger partial charge in [-0.3, -0.25) is 9.59 Å². The average Bonchev–Trinajstić information content (AvgIpc) is 3.34. The van der Waals surface area contributed by atoms with E-state index >= 15 is 0 Å². The summed E-state index contributed by atoms with van der Waals surface area (Å²) in [7, 11) is -3.66. The van der Waals surface area contributed by atoms with Gasteiger partial charge in [0.25, 0.3) is 11.8 Å². The van der Waals surface area contributed by atoms with E-state index in [1.807, 2.05) is 18.7 Å². The van der Waals surface area contributed by atoms with Gasteiger partial charge in [-0.15, -0.1) is 11.3 Å². The van der Waals surface area contributed by atoms with Crippen molar-refractivity contribution in [2.24, 2.45) is 0 Å². The minimum absolute atomic E-state index is 0.102. The standard InChI is InChI=1S/C29H40N4O6S2/c1-4-7-18-33(5-2)41(37,38)22-13-11-21(12-14-22)26(34)30-27-25(28(35)31-16-9-8-10-17-31)23-15-19-32(20-24(23)40-27)29(36)39-6-3/h11-14H,4-10,15-20H2,1-3H3,(H,30,34). The normalized spacial score (nSPS) is 15.5. The van der Waals surface area contributed by atoms with Crippen LogP contribution in [0.1, 0.15) is 84.0 Å². The summed E-state index contributed by atoms with van der Waals surface area (Å²) in [5, 5.41) is 3.38. The Bertz CT molecular complexity index is 1350. The number of benzene rings is 1. The van der Waals surface area contributed by atoms with Gasteiger partial charge < -0.3 is 19.9 Å². The van der Waals surface area contributed by atoms with Crippen LogP contribution in [0.4, 0.5) is 9.80 Å². The predicted molar refractivity (Wildman–Crippen MR) is 159 cm³/mol. The van der Waals surface area contributed by atoms with Crippen molar-refractivity contribution < 1.29 is 27.5 Å². The van der Waals surface area contributed by atoms with Gasteiger partial charge in [-0.2, -0.15) is 4.31 Å². The van der Waals surface area contributed by atoms with Crippen LogP contribution in [0.5, 0.6) is 0 Å². The second-order valence-corrected chi connectivity index (χ2v) is 13.3. The van der Waals surface area contributed by atoms with E-state index in [2.05, 4.69) is 5.32 Å². The van der Waals surface area contributed by atoms with E-state index in [1.165, 1.54) is 39.9 Å². The first-order valence-electron chi connectivity index (χ1n) is 14.5. The summed E-state index contributed by atoms with van der Waals surface area (Å²) >= 11 is 1.31. The quantitative estimate of drug-likeness (QED) is 0.410. The molecule has 0 aliphatic carbocycles. The molecule has 224 valence electrons. The lowest BCUT2D eigenvalue weighted by Gasteiger charge is -2.29. The monoisotopic (exact) mass is 604 g/mol. The zero-order valence-electron chi connectivity index (χ0n) is 24.1. The van der Waals surface area contributed by atoms with Crippen LogP contribution in [0, 0.1) is 0 Å². The Morgan fingerprint density at radius 3 is 2.34 bits per heavy atom. The molecule has 12 heteroatoms. The molecule has 0 unspecified atom stereocenters. The van der Waals surface area contributed by atoms with Gasteiger partial charge in [-0.05, 0) is 68.9 Å². The van der Waals surface area contributed by atoms with Gasteiger partial charge in [0.05, 0.1) is 23.6 Å². The van der Waals surface area contributed by atoms with Gasteiger partial charge in [-0.25, -0.2) is 13.2 Å². The van der Waals surface area contributed by atoms with E-state index in [0.29, 0.717) is 56.3 Å². The number of carbonyl (C=O) groups is 3. The average molecular weight is 605 g/mol. The third-order valence-electron chi connectivity index (χ3n) is 7.54. The number of unbranched alkanes of at least 4 members (excludes halogenated alkanes) is 1. The molecular weight excluding hydrogens is 564 g/mol. The Labute approximate surface area is 246 Å². The fourth-order valence-electron chi connectivity index (χ4n) is 5.23. The lowest BCUT2D eigenvalue weighted by atomic mass is 10.0. The first-order valence-corrected chi connectivity index (χ1v) is 16.7. The van der Waals surface area contributed by atoms with Crippen LogP contribution >= 0.6 is 11.3 Å². The highest BCUT2D eigenvalue weighted by Gasteiger charge is 2.33. The number of nitrogens with zero attached hydrogens (tertiary/aromatic N) is 3. The summed E-state index contributed by atoms with van der Waals surface area (Å²) in [6.45, 7) is 8.77. The molecule has 1 N–H and O–H groups in total. The number of thiophene rings is 1. The minimum Gasteiger partial charge on any atom is -0.450 e. The maximum absolute atomic E-state index is 13.7. The number of sulfonamides is 1. The number of hydrogen-bond acceptors (Lipinski definition) is 7. The third-order valence-corrected chi connectivity index (χ3v) is 10.7. The number of piperidine rings is 1. The van der Waals surface area contributed by atoms with Crippen molar-refractivity contribution >= 4 is 44.3 Å². The van der Waals surface area contributed by atoms with Crippen LogP contribution in [0.25, 0.3) is 0 Å². The molecule has 1 saturated heterocycles. The predicted octanol–water partition coefficient (Wildman–Crippen LogP) is 4.95. The van der Waals surface area contributed by atoms with E-state index < -0.39 is 22.0 Å². The number of rotatable bonds is 10. The van der Waals surface area contributed by atoms with Gasteiger partial charge in [-0.1, -0.05) is 20.3 Å². The van der Waals surface area contributed by atoms with Gasteiger partial charge in [0.2, 0.25) is 10.0 Å². The molecule has 3 amide bonds. The second-order valence-electron chi connectivity index (χ2n) is 10.3. The summed E-state index contributed by atoms with van der Waals surface area (Å²) < 4.78 is 32.8. The zero-order valence-corrected chi connectivity index (χ0v) is 25.7. The van der Waals surface area contributed by atoms with E-state index in [9.17, 15) is 22.8 Å². The molecule has 2 aliphatic rings. The molecule has 1 aromatic carbocycles. The van der Waals surface area contributed by atoms with E-state index in [0.717, 1.165) is 42.5 Å². The molecule has 1 aromatic heterocycles. The van der Waals surface area contributed by atoms with Crippen molar-refractivity contribution in [3.05, 3.63) is 45.8 Å². The van der Waals surface area contributed by atoms with Crippen LogP contribution in [-0.2, 0) is 27.7 Å². The molecule has 4 rings (SSSR count). The number of anilines is 1. The largest absolute Gasteiger partial charge is 0.450 e.